The Balaban J connectivity index is 1.66. The number of amides is 1. The summed E-state index contributed by atoms with van der Waals surface area (Å²) in [6, 6.07) is 15.4. The summed E-state index contributed by atoms with van der Waals surface area (Å²) in [5, 5.41) is 0.569. The van der Waals surface area contributed by atoms with Crippen molar-refractivity contribution in [1.29, 1.82) is 0 Å². The van der Waals surface area contributed by atoms with Gasteiger partial charge in [-0.1, -0.05) is 64.3 Å². The molecule has 0 bridgehead atoms. The summed E-state index contributed by atoms with van der Waals surface area (Å²) < 4.78 is 0. The van der Waals surface area contributed by atoms with Crippen molar-refractivity contribution in [3.05, 3.63) is 75.8 Å². The molecule has 1 aliphatic carbocycles. The molecule has 2 aromatic carbocycles. The summed E-state index contributed by atoms with van der Waals surface area (Å²) in [4.78, 5) is 35.5. The highest BCUT2D eigenvalue weighted by atomic mass is 16.2. The molecule has 0 unspecified atom stereocenters. The first-order valence-corrected chi connectivity index (χ1v) is 11.2. The van der Waals surface area contributed by atoms with Crippen molar-refractivity contribution in [3.8, 4) is 0 Å². The number of rotatable bonds is 4. The van der Waals surface area contributed by atoms with Gasteiger partial charge in [-0.3, -0.25) is 9.59 Å². The molecule has 1 saturated carbocycles. The lowest BCUT2D eigenvalue weighted by Crippen LogP contribution is -2.41. The molecular formula is C26H31N3O2. The molecule has 1 fully saturated rings. The average Bonchev–Trinajstić information content (AvgIpc) is 2.77. The van der Waals surface area contributed by atoms with Crippen molar-refractivity contribution in [2.45, 2.75) is 70.9 Å². The number of carbonyl (C=O) groups excluding carboxylic acids is 1. The quantitative estimate of drug-likeness (QED) is 0.635. The number of para-hydroxylation sites is 1. The summed E-state index contributed by atoms with van der Waals surface area (Å²) in [7, 11) is 0. The number of hydrogen-bond acceptors (Lipinski definition) is 3. The predicted octanol–water partition coefficient (Wildman–Crippen LogP) is 5.20. The molecule has 1 aliphatic rings. The van der Waals surface area contributed by atoms with Gasteiger partial charge in [-0.25, -0.2) is 4.98 Å². The monoisotopic (exact) mass is 417 g/mol. The highest BCUT2D eigenvalue weighted by Gasteiger charge is 2.27. The maximum absolute atomic E-state index is 13.6. The molecular weight excluding hydrogens is 386 g/mol. The van der Waals surface area contributed by atoms with Crippen LogP contribution in [0.1, 0.15) is 74.6 Å². The summed E-state index contributed by atoms with van der Waals surface area (Å²) in [6.45, 7) is 6.81. The van der Waals surface area contributed by atoms with Crippen LogP contribution < -0.4 is 5.56 Å². The number of benzene rings is 2. The van der Waals surface area contributed by atoms with Gasteiger partial charge in [-0.2, -0.15) is 0 Å². The first-order valence-electron chi connectivity index (χ1n) is 11.2. The van der Waals surface area contributed by atoms with E-state index in [9.17, 15) is 9.59 Å². The molecule has 4 rings (SSSR count). The zero-order chi connectivity index (χ0) is 22.0. The molecule has 1 N–H and O–H groups in total. The zero-order valence-electron chi connectivity index (χ0n) is 18.6. The number of aromatic amines is 1. The predicted molar refractivity (Wildman–Crippen MR) is 124 cm³/mol. The van der Waals surface area contributed by atoms with Crippen LogP contribution in [0.4, 0.5) is 0 Å². The molecule has 0 spiro atoms. The van der Waals surface area contributed by atoms with Crippen LogP contribution in [0.25, 0.3) is 10.9 Å². The molecule has 3 aromatic rings. The van der Waals surface area contributed by atoms with E-state index in [2.05, 4.69) is 30.7 Å². The Morgan fingerprint density at radius 1 is 1.03 bits per heavy atom. The van der Waals surface area contributed by atoms with Gasteiger partial charge in [-0.15, -0.1) is 0 Å². The second-order valence-electron chi connectivity index (χ2n) is 9.58. The van der Waals surface area contributed by atoms with Gasteiger partial charge in [0.2, 0.25) is 0 Å². The maximum Gasteiger partial charge on any atom is 0.258 e. The van der Waals surface area contributed by atoms with Crippen LogP contribution in [-0.2, 0) is 12.0 Å². The maximum atomic E-state index is 13.6. The second kappa shape index (κ2) is 8.66. The first-order chi connectivity index (χ1) is 14.8. The minimum absolute atomic E-state index is 0.00293. The zero-order valence-corrected chi connectivity index (χ0v) is 18.6. The Kier molecular flexibility index (Phi) is 5.94. The van der Waals surface area contributed by atoms with Crippen molar-refractivity contribution in [2.75, 3.05) is 0 Å². The molecule has 0 radical (unpaired) electrons. The Bertz CT molecular complexity index is 1120. The van der Waals surface area contributed by atoms with E-state index in [4.69, 9.17) is 0 Å². The Morgan fingerprint density at radius 2 is 1.71 bits per heavy atom. The van der Waals surface area contributed by atoms with Crippen molar-refractivity contribution in [2.24, 2.45) is 0 Å². The van der Waals surface area contributed by atoms with Gasteiger partial charge in [0, 0.05) is 11.6 Å². The van der Waals surface area contributed by atoms with Gasteiger partial charge in [-0.05, 0) is 48.1 Å². The molecule has 1 amide bonds. The first kappa shape index (κ1) is 21.3. The van der Waals surface area contributed by atoms with E-state index in [0.29, 0.717) is 28.8 Å². The van der Waals surface area contributed by atoms with Gasteiger partial charge in [0.15, 0.2) is 0 Å². The number of aromatic nitrogens is 2. The number of H-pyrrole nitrogens is 1. The summed E-state index contributed by atoms with van der Waals surface area (Å²) in [5.74, 6) is 0.539. The molecule has 1 heterocycles. The molecule has 162 valence electrons. The molecule has 5 heteroatoms. The van der Waals surface area contributed by atoms with Gasteiger partial charge >= 0.3 is 0 Å². The SMILES string of the molecule is CC(C)(C)c1ccc(C(=O)N(Cc2nc3ccccc3c(=O)[nH]2)C2CCCCC2)cc1. The lowest BCUT2D eigenvalue weighted by Gasteiger charge is -2.34. The fourth-order valence-corrected chi connectivity index (χ4v) is 4.41. The van der Waals surface area contributed by atoms with E-state index in [1.54, 1.807) is 6.07 Å². The van der Waals surface area contributed by atoms with Crippen LogP contribution in [0.15, 0.2) is 53.3 Å². The Morgan fingerprint density at radius 3 is 2.39 bits per heavy atom. The lowest BCUT2D eigenvalue weighted by atomic mass is 9.86. The number of hydrogen-bond donors (Lipinski definition) is 1. The van der Waals surface area contributed by atoms with E-state index in [-0.39, 0.29) is 22.9 Å². The van der Waals surface area contributed by atoms with Crippen LogP contribution in [0.2, 0.25) is 0 Å². The average molecular weight is 418 g/mol. The smallest absolute Gasteiger partial charge is 0.258 e. The fourth-order valence-electron chi connectivity index (χ4n) is 4.41. The standard InChI is InChI=1S/C26H31N3O2/c1-26(2,3)19-15-13-18(14-16-19)25(31)29(20-9-5-4-6-10-20)17-23-27-22-12-8-7-11-21(22)24(30)28-23/h7-8,11-16,20H,4-6,9-10,17H2,1-3H3,(H,27,28,30). The summed E-state index contributed by atoms with van der Waals surface area (Å²) >= 11 is 0. The normalized spacial score (nSPS) is 15.2. The largest absolute Gasteiger partial charge is 0.328 e. The minimum atomic E-state index is -0.161. The van der Waals surface area contributed by atoms with Gasteiger partial charge in [0.1, 0.15) is 5.82 Å². The summed E-state index contributed by atoms with van der Waals surface area (Å²) in [6.07, 6.45) is 5.44. The van der Waals surface area contributed by atoms with Crippen LogP contribution in [0, 0.1) is 0 Å². The third-order valence-electron chi connectivity index (χ3n) is 6.26. The summed E-state index contributed by atoms with van der Waals surface area (Å²) in [5.41, 5.74) is 2.42. The van der Waals surface area contributed by atoms with E-state index >= 15 is 0 Å². The third-order valence-corrected chi connectivity index (χ3v) is 6.26. The van der Waals surface area contributed by atoms with Gasteiger partial charge < -0.3 is 9.88 Å². The van der Waals surface area contributed by atoms with Gasteiger partial charge in [0.05, 0.1) is 17.4 Å². The van der Waals surface area contributed by atoms with Crippen molar-refractivity contribution < 1.29 is 4.79 Å². The Hall–Kier alpha value is -2.95. The molecule has 5 nitrogen and oxygen atoms in total. The fraction of sp³-hybridized carbons (Fsp3) is 0.423. The molecule has 0 atom stereocenters. The van der Waals surface area contributed by atoms with E-state index < -0.39 is 0 Å². The molecule has 0 saturated heterocycles. The molecule has 1 aromatic heterocycles. The van der Waals surface area contributed by atoms with Crippen molar-refractivity contribution in [1.82, 2.24) is 14.9 Å². The van der Waals surface area contributed by atoms with Gasteiger partial charge in [0.25, 0.3) is 11.5 Å². The van der Waals surface area contributed by atoms with Crippen LogP contribution >= 0.6 is 0 Å². The highest BCUT2D eigenvalue weighted by molar-refractivity contribution is 5.94. The topological polar surface area (TPSA) is 66.1 Å². The van der Waals surface area contributed by atoms with Crippen LogP contribution in [0.5, 0.6) is 0 Å². The van der Waals surface area contributed by atoms with E-state index in [1.165, 1.54) is 12.0 Å². The van der Waals surface area contributed by atoms with Crippen molar-refractivity contribution in [3.63, 3.8) is 0 Å². The van der Waals surface area contributed by atoms with Crippen molar-refractivity contribution >= 4 is 16.8 Å². The number of carbonyl (C=O) groups is 1. The third kappa shape index (κ3) is 4.71. The molecule has 31 heavy (non-hydrogen) atoms. The second-order valence-corrected chi connectivity index (χ2v) is 9.58. The number of nitrogens with one attached hydrogen (secondary N) is 1. The Labute approximate surface area is 183 Å². The number of nitrogens with zero attached hydrogens (tertiary/aromatic N) is 2. The molecule has 0 aliphatic heterocycles. The minimum Gasteiger partial charge on any atom is -0.328 e. The van der Waals surface area contributed by atoms with Crippen LogP contribution in [0.3, 0.4) is 0 Å². The lowest BCUT2D eigenvalue weighted by molar-refractivity contribution is 0.0607. The number of fused-ring (bicyclic) bond motifs is 1. The van der Waals surface area contributed by atoms with E-state index in [0.717, 1.165) is 25.7 Å². The highest BCUT2D eigenvalue weighted by Crippen LogP contribution is 2.27. The van der Waals surface area contributed by atoms with E-state index in [1.807, 2.05) is 47.4 Å². The van der Waals surface area contributed by atoms with Crippen LogP contribution in [-0.4, -0.2) is 26.8 Å².